The molecular weight excluding hydrogens is 497 g/mol. The Morgan fingerprint density at radius 2 is 2.06 bits per heavy atom. The van der Waals surface area contributed by atoms with Gasteiger partial charge in [0, 0.05) is 25.4 Å². The van der Waals surface area contributed by atoms with Crippen LogP contribution in [0.2, 0.25) is 5.02 Å². The molecule has 1 unspecified atom stereocenters. The largest absolute Gasteiger partial charge is 0.418 e. The van der Waals surface area contributed by atoms with Gasteiger partial charge in [-0.15, -0.1) is 11.3 Å². The first-order valence-corrected chi connectivity index (χ1v) is 11.0. The van der Waals surface area contributed by atoms with Crippen LogP contribution in [0.25, 0.3) is 0 Å². The Balaban J connectivity index is 1.43. The van der Waals surface area contributed by atoms with Crippen LogP contribution < -0.4 is 16.1 Å². The van der Waals surface area contributed by atoms with Gasteiger partial charge in [0.1, 0.15) is 34.1 Å². The van der Waals surface area contributed by atoms with Crippen molar-refractivity contribution in [3.8, 4) is 0 Å². The molecule has 2 atom stereocenters. The zero-order chi connectivity index (χ0) is 24.6. The first kappa shape index (κ1) is 24.2. The minimum atomic E-state index is -4.69. The third-order valence-electron chi connectivity index (χ3n) is 4.86. The van der Waals surface area contributed by atoms with E-state index < -0.39 is 34.9 Å². The standard InChI is InChI=1S/C19H18ClF3N8O2S/c1-8(28-17(33)14-9-6-31(2)30-15(9)27-7-26-14)18-25-5-12(34-18)16(32)29-13-3-10(19(21,22)23)11(20)4-24-13/h3-5,7-8,17,28,33H,6H2,1-2H3,(H,24,29,32)(H,26,27,30)/t8?,17-/m1/s1. The van der Waals surface area contributed by atoms with Gasteiger partial charge in [0.2, 0.25) is 0 Å². The fourth-order valence-electron chi connectivity index (χ4n) is 3.25. The van der Waals surface area contributed by atoms with Crippen LogP contribution in [0.5, 0.6) is 0 Å². The fourth-order valence-corrected chi connectivity index (χ4v) is 4.29. The van der Waals surface area contributed by atoms with E-state index in [0.717, 1.165) is 23.1 Å². The molecule has 0 saturated heterocycles. The van der Waals surface area contributed by atoms with Crippen molar-refractivity contribution in [2.45, 2.75) is 31.9 Å². The summed E-state index contributed by atoms with van der Waals surface area (Å²) in [6, 6.07) is 0.194. The maximum Gasteiger partial charge on any atom is 0.418 e. The van der Waals surface area contributed by atoms with E-state index in [1.807, 2.05) is 7.05 Å². The molecule has 0 bridgehead atoms. The normalized spacial score (nSPS) is 15.5. The molecule has 0 radical (unpaired) electrons. The minimum absolute atomic E-state index is 0.150. The molecule has 0 aliphatic carbocycles. The number of thiazole rings is 1. The predicted octanol–water partition coefficient (Wildman–Crippen LogP) is 3.37. The molecule has 34 heavy (non-hydrogen) atoms. The molecule has 4 heterocycles. The number of nitrogens with zero attached hydrogens (tertiary/aromatic N) is 5. The Labute approximate surface area is 200 Å². The second-order valence-corrected chi connectivity index (χ2v) is 8.88. The van der Waals surface area contributed by atoms with E-state index in [0.29, 0.717) is 29.1 Å². The van der Waals surface area contributed by atoms with Crippen molar-refractivity contribution in [3.05, 3.63) is 56.5 Å². The Morgan fingerprint density at radius 1 is 1.29 bits per heavy atom. The molecule has 10 nitrogen and oxygen atoms in total. The number of alkyl halides is 3. The summed E-state index contributed by atoms with van der Waals surface area (Å²) in [5.74, 6) is -0.365. The van der Waals surface area contributed by atoms with Crippen LogP contribution in [0.4, 0.5) is 24.8 Å². The molecule has 4 rings (SSSR count). The Hall–Kier alpha value is -2.91. The van der Waals surface area contributed by atoms with Gasteiger partial charge >= 0.3 is 6.18 Å². The number of carbonyl (C=O) groups is 1. The highest BCUT2D eigenvalue weighted by molar-refractivity contribution is 7.13. The van der Waals surface area contributed by atoms with Gasteiger partial charge in [0.05, 0.1) is 28.5 Å². The van der Waals surface area contributed by atoms with Crippen molar-refractivity contribution in [1.82, 2.24) is 30.3 Å². The van der Waals surface area contributed by atoms with Gasteiger partial charge in [0.25, 0.3) is 5.91 Å². The number of hydrogen-bond donors (Lipinski definition) is 4. The van der Waals surface area contributed by atoms with E-state index in [9.17, 15) is 23.1 Å². The van der Waals surface area contributed by atoms with Gasteiger partial charge in [-0.25, -0.2) is 24.9 Å². The average Bonchev–Trinajstić information content (AvgIpc) is 3.40. The number of pyridine rings is 1. The summed E-state index contributed by atoms with van der Waals surface area (Å²) in [6.45, 7) is 2.25. The highest BCUT2D eigenvalue weighted by Gasteiger charge is 2.34. The first-order valence-electron chi connectivity index (χ1n) is 9.78. The quantitative estimate of drug-likeness (QED) is 0.366. The highest BCUT2D eigenvalue weighted by Crippen LogP contribution is 2.35. The summed E-state index contributed by atoms with van der Waals surface area (Å²) in [5, 5.41) is 17.7. The van der Waals surface area contributed by atoms with Crippen molar-refractivity contribution >= 4 is 40.5 Å². The number of aliphatic hydroxyl groups excluding tert-OH is 1. The summed E-state index contributed by atoms with van der Waals surface area (Å²) in [4.78, 5) is 28.9. The number of carbonyl (C=O) groups excluding carboxylic acids is 1. The van der Waals surface area contributed by atoms with Crippen molar-refractivity contribution in [1.29, 1.82) is 0 Å². The van der Waals surface area contributed by atoms with Crippen LogP contribution in [0, 0.1) is 0 Å². The molecule has 4 N–H and O–H groups in total. The van der Waals surface area contributed by atoms with E-state index in [1.54, 1.807) is 11.9 Å². The lowest BCUT2D eigenvalue weighted by Crippen LogP contribution is -2.26. The molecule has 3 aromatic rings. The maximum absolute atomic E-state index is 13.0. The molecule has 1 amide bonds. The molecule has 15 heteroatoms. The van der Waals surface area contributed by atoms with Gasteiger partial charge in [-0.3, -0.25) is 10.1 Å². The zero-order valence-electron chi connectivity index (χ0n) is 17.7. The lowest BCUT2D eigenvalue weighted by Gasteiger charge is -2.18. The predicted molar refractivity (Wildman–Crippen MR) is 118 cm³/mol. The summed E-state index contributed by atoms with van der Waals surface area (Å²) in [7, 11) is 1.83. The van der Waals surface area contributed by atoms with Gasteiger partial charge < -0.3 is 15.8 Å². The van der Waals surface area contributed by atoms with Gasteiger partial charge in [-0.2, -0.15) is 13.2 Å². The molecule has 0 aromatic carbocycles. The summed E-state index contributed by atoms with van der Waals surface area (Å²) >= 11 is 6.57. The third-order valence-corrected chi connectivity index (χ3v) is 6.34. The van der Waals surface area contributed by atoms with E-state index in [4.69, 9.17) is 11.6 Å². The second kappa shape index (κ2) is 9.38. The van der Waals surface area contributed by atoms with E-state index in [1.165, 1.54) is 12.5 Å². The summed E-state index contributed by atoms with van der Waals surface area (Å²) < 4.78 is 39.1. The van der Waals surface area contributed by atoms with Crippen LogP contribution in [-0.4, -0.2) is 43.0 Å². The molecule has 0 spiro atoms. The van der Waals surface area contributed by atoms with Crippen LogP contribution in [0.3, 0.4) is 0 Å². The smallest absolute Gasteiger partial charge is 0.373 e. The van der Waals surface area contributed by atoms with E-state index in [-0.39, 0.29) is 10.7 Å². The molecule has 1 aliphatic heterocycles. The number of halogens is 4. The minimum Gasteiger partial charge on any atom is -0.373 e. The van der Waals surface area contributed by atoms with E-state index in [2.05, 4.69) is 36.0 Å². The van der Waals surface area contributed by atoms with Crippen LogP contribution in [-0.2, 0) is 12.7 Å². The van der Waals surface area contributed by atoms with Crippen LogP contribution in [0.1, 0.15) is 50.7 Å². The molecule has 1 aliphatic rings. The number of amides is 1. The monoisotopic (exact) mass is 514 g/mol. The number of fused-ring (bicyclic) bond motifs is 1. The summed E-state index contributed by atoms with van der Waals surface area (Å²) in [5.41, 5.74) is 3.11. The Morgan fingerprint density at radius 3 is 2.79 bits per heavy atom. The zero-order valence-corrected chi connectivity index (χ0v) is 19.3. The number of anilines is 2. The van der Waals surface area contributed by atoms with Crippen molar-refractivity contribution in [2.75, 3.05) is 17.8 Å². The summed E-state index contributed by atoms with van der Waals surface area (Å²) in [6.07, 6.45) is -2.35. The van der Waals surface area contributed by atoms with Gasteiger partial charge in [-0.1, -0.05) is 11.6 Å². The number of hydrogen-bond acceptors (Lipinski definition) is 10. The number of nitrogens with one attached hydrogen (secondary N) is 3. The Kier molecular flexibility index (Phi) is 6.69. The number of aromatic nitrogens is 4. The van der Waals surface area contributed by atoms with Crippen molar-refractivity contribution in [2.24, 2.45) is 0 Å². The topological polar surface area (TPSA) is 128 Å². The number of hydrazine groups is 1. The fraction of sp³-hybridized carbons (Fsp3) is 0.316. The molecular formula is C19H18ClF3N8O2S. The third kappa shape index (κ3) is 5.10. The first-order chi connectivity index (χ1) is 16.0. The van der Waals surface area contributed by atoms with Crippen LogP contribution >= 0.6 is 22.9 Å². The SMILES string of the molecule is CC(N[C@H](O)c1ncnc2c1CN(C)N2)c1ncc(C(=O)Nc2cc(C(F)(F)F)c(Cl)cn2)s1. The molecule has 180 valence electrons. The molecule has 0 saturated carbocycles. The van der Waals surface area contributed by atoms with Gasteiger partial charge in [0.15, 0.2) is 0 Å². The second-order valence-electron chi connectivity index (χ2n) is 7.41. The Bertz CT molecular complexity index is 1220. The van der Waals surface area contributed by atoms with Gasteiger partial charge in [-0.05, 0) is 13.0 Å². The molecule has 0 fully saturated rings. The van der Waals surface area contributed by atoms with Crippen LogP contribution in [0.15, 0.2) is 24.8 Å². The lowest BCUT2D eigenvalue weighted by molar-refractivity contribution is -0.137. The van der Waals surface area contributed by atoms with E-state index >= 15 is 0 Å². The maximum atomic E-state index is 13.0. The number of rotatable bonds is 6. The van der Waals surface area contributed by atoms with Crippen molar-refractivity contribution in [3.63, 3.8) is 0 Å². The number of aliphatic hydroxyl groups is 1. The highest BCUT2D eigenvalue weighted by atomic mass is 35.5. The average molecular weight is 515 g/mol. The lowest BCUT2D eigenvalue weighted by atomic mass is 10.2. The molecule has 3 aromatic heterocycles. The van der Waals surface area contributed by atoms with Crippen molar-refractivity contribution < 1.29 is 23.1 Å².